The van der Waals surface area contributed by atoms with Gasteiger partial charge in [-0.2, -0.15) is 0 Å². The average Bonchev–Trinajstić information content (AvgIpc) is 2.51. The first-order chi connectivity index (χ1) is 13.3. The molecule has 0 heterocycles. The van der Waals surface area contributed by atoms with E-state index in [0.29, 0.717) is 37.0 Å². The molecule has 0 aromatic heterocycles. The standard InChI is InChI=1S/C18H44O7Si5/c1-12(13(14(19)20)15(2,3)4)17(21-26,22-27)16(5,6)18(23-28,24-29(7)8)25-30(9,10)11/h29H,1-11,26-28H3,(H,19,20). The van der Waals surface area contributed by atoms with E-state index in [9.17, 15) is 9.90 Å². The molecule has 1 unspecified atom stereocenters. The molecule has 0 aromatic carbocycles. The summed E-state index contributed by atoms with van der Waals surface area (Å²) in [7, 11) is -2.75. The molecule has 0 radical (unpaired) electrons. The predicted molar refractivity (Wildman–Crippen MR) is 136 cm³/mol. The number of hydrogen-bond donors (Lipinski definition) is 1. The van der Waals surface area contributed by atoms with E-state index in [1.165, 1.54) is 0 Å². The van der Waals surface area contributed by atoms with Crippen molar-refractivity contribution in [2.75, 3.05) is 0 Å². The first-order valence-corrected chi connectivity index (χ1v) is 18.9. The Morgan fingerprint density at radius 3 is 1.60 bits per heavy atom. The summed E-state index contributed by atoms with van der Waals surface area (Å²) >= 11 is 0. The van der Waals surface area contributed by atoms with Gasteiger partial charge in [0.1, 0.15) is 21.0 Å². The van der Waals surface area contributed by atoms with Crippen LogP contribution in [-0.4, -0.2) is 71.7 Å². The molecule has 0 spiro atoms. The van der Waals surface area contributed by atoms with Crippen LogP contribution in [0, 0.1) is 10.8 Å². The zero-order valence-electron chi connectivity index (χ0n) is 21.5. The van der Waals surface area contributed by atoms with Crippen LogP contribution in [0.1, 0.15) is 41.5 Å². The molecule has 0 saturated heterocycles. The molecule has 0 aliphatic carbocycles. The molecular formula is C18H44O7Si5. The summed E-state index contributed by atoms with van der Waals surface area (Å²) in [4.78, 5) is 12.3. The predicted octanol–water partition coefficient (Wildman–Crippen LogP) is 0.552. The van der Waals surface area contributed by atoms with E-state index in [2.05, 4.69) is 32.7 Å². The minimum atomic E-state index is -2.14. The maximum atomic E-state index is 12.3. The van der Waals surface area contributed by atoms with Crippen molar-refractivity contribution in [1.29, 1.82) is 0 Å². The fourth-order valence-electron chi connectivity index (χ4n) is 4.14. The maximum Gasteiger partial charge on any atom is 0.332 e. The quantitative estimate of drug-likeness (QED) is 0.246. The lowest BCUT2D eigenvalue weighted by Gasteiger charge is -2.57. The third kappa shape index (κ3) is 6.11. The van der Waals surface area contributed by atoms with Crippen molar-refractivity contribution in [1.82, 2.24) is 0 Å². The molecule has 0 fully saturated rings. The van der Waals surface area contributed by atoms with E-state index < -0.39 is 45.9 Å². The Bertz CT molecular complexity index is 634. The van der Waals surface area contributed by atoms with Gasteiger partial charge in [0.25, 0.3) is 5.97 Å². The Balaban J connectivity index is 7.28. The van der Waals surface area contributed by atoms with Crippen LogP contribution in [0.3, 0.4) is 0 Å². The third-order valence-corrected chi connectivity index (χ3v) is 8.45. The highest BCUT2D eigenvalue weighted by molar-refractivity contribution is 6.69. The van der Waals surface area contributed by atoms with Gasteiger partial charge in [-0.05, 0) is 64.5 Å². The van der Waals surface area contributed by atoms with E-state index in [1.807, 2.05) is 34.6 Å². The van der Waals surface area contributed by atoms with Crippen LogP contribution in [0.4, 0.5) is 0 Å². The van der Waals surface area contributed by atoms with Crippen LogP contribution >= 0.6 is 0 Å². The highest BCUT2D eigenvalue weighted by atomic mass is 28.4. The molecule has 0 saturated carbocycles. The van der Waals surface area contributed by atoms with Crippen molar-refractivity contribution in [3.05, 3.63) is 11.1 Å². The van der Waals surface area contributed by atoms with Gasteiger partial charge in [-0.15, -0.1) is 0 Å². The molecule has 0 aromatic rings. The minimum absolute atomic E-state index is 0.263. The molecule has 0 amide bonds. The molecule has 0 bridgehead atoms. The average molecular weight is 513 g/mol. The van der Waals surface area contributed by atoms with Crippen LogP contribution < -0.4 is 0 Å². The molecular weight excluding hydrogens is 469 g/mol. The second kappa shape index (κ2) is 10.4. The SMILES string of the molecule is CC(=C(C(=O)O)C(C)(C)C)C(O[SiH3])(O[SiH3])C(C)(C)C(O[SiH3])(O[SiH](C)C)O[Si](C)(C)C. The zero-order valence-corrected chi connectivity index (χ0v) is 29.6. The number of aliphatic carboxylic acids is 1. The van der Waals surface area contributed by atoms with Gasteiger partial charge in [-0.3, -0.25) is 0 Å². The lowest BCUT2D eigenvalue weighted by Crippen LogP contribution is -2.67. The van der Waals surface area contributed by atoms with Gasteiger partial charge in [0, 0.05) is 5.57 Å². The normalized spacial score (nSPS) is 18.9. The van der Waals surface area contributed by atoms with Crippen LogP contribution in [-0.2, 0) is 26.9 Å². The second-order valence-corrected chi connectivity index (χ2v) is 18.3. The maximum absolute atomic E-state index is 12.3. The molecule has 12 heteroatoms. The van der Waals surface area contributed by atoms with Gasteiger partial charge in [-0.25, -0.2) is 4.79 Å². The fourth-order valence-corrected chi connectivity index (χ4v) is 9.83. The molecule has 178 valence electrons. The summed E-state index contributed by atoms with van der Waals surface area (Å²) < 4.78 is 31.6. The Labute approximate surface area is 194 Å². The Hall–Kier alpha value is 0.0944. The van der Waals surface area contributed by atoms with E-state index in [0.717, 1.165) is 0 Å². The van der Waals surface area contributed by atoms with Crippen molar-refractivity contribution < 1.29 is 32.0 Å². The second-order valence-electron chi connectivity index (χ2n) is 10.3. The first kappa shape index (κ1) is 30.1. The van der Waals surface area contributed by atoms with Crippen LogP contribution in [0.2, 0.25) is 32.7 Å². The lowest BCUT2D eigenvalue weighted by molar-refractivity contribution is -0.372. The molecule has 30 heavy (non-hydrogen) atoms. The molecule has 1 N–H and O–H groups in total. The van der Waals surface area contributed by atoms with Crippen molar-refractivity contribution in [2.24, 2.45) is 10.8 Å². The summed E-state index contributed by atoms with van der Waals surface area (Å²) in [5.41, 5.74) is -0.818. The Morgan fingerprint density at radius 1 is 0.933 bits per heavy atom. The van der Waals surface area contributed by atoms with Gasteiger partial charge in [0.2, 0.25) is 0 Å². The van der Waals surface area contributed by atoms with Crippen molar-refractivity contribution in [2.45, 2.75) is 86.0 Å². The first-order valence-electron chi connectivity index (χ1n) is 10.3. The Morgan fingerprint density at radius 2 is 1.37 bits per heavy atom. The highest BCUT2D eigenvalue weighted by Crippen LogP contribution is 2.52. The molecule has 1 atom stereocenters. The summed E-state index contributed by atoms with van der Waals surface area (Å²) in [6.07, 6.45) is 0. The summed E-state index contributed by atoms with van der Waals surface area (Å²) in [6.45, 7) is 21.6. The number of carboxylic acid groups (broad SMARTS) is 1. The summed E-state index contributed by atoms with van der Waals surface area (Å²) in [5.74, 6) is -3.72. The molecule has 0 aliphatic rings. The molecule has 0 rings (SSSR count). The highest BCUT2D eigenvalue weighted by Gasteiger charge is 2.64. The van der Waals surface area contributed by atoms with Gasteiger partial charge in [0.15, 0.2) is 33.6 Å². The third-order valence-electron chi connectivity index (χ3n) is 5.10. The van der Waals surface area contributed by atoms with Crippen molar-refractivity contribution >= 4 is 54.8 Å². The number of hydrogen-bond acceptors (Lipinski definition) is 6. The number of rotatable bonds is 11. The van der Waals surface area contributed by atoms with Gasteiger partial charge >= 0.3 is 5.97 Å². The largest absolute Gasteiger partial charge is 0.478 e. The van der Waals surface area contributed by atoms with E-state index in [-0.39, 0.29) is 5.57 Å². The zero-order chi connectivity index (χ0) is 24.3. The number of carboxylic acids is 1. The van der Waals surface area contributed by atoms with Crippen LogP contribution in [0.15, 0.2) is 11.1 Å². The monoisotopic (exact) mass is 512 g/mol. The topological polar surface area (TPSA) is 83.5 Å². The summed E-state index contributed by atoms with van der Waals surface area (Å²) in [6, 6.07) is 0. The number of carbonyl (C=O) groups is 1. The van der Waals surface area contributed by atoms with Gasteiger partial charge in [0.05, 0.1) is 5.41 Å². The minimum Gasteiger partial charge on any atom is -0.478 e. The van der Waals surface area contributed by atoms with Gasteiger partial charge < -0.3 is 27.2 Å². The van der Waals surface area contributed by atoms with Crippen molar-refractivity contribution in [3.63, 3.8) is 0 Å². The van der Waals surface area contributed by atoms with Crippen LogP contribution in [0.5, 0.6) is 0 Å². The summed E-state index contributed by atoms with van der Waals surface area (Å²) in [5, 5.41) is 10.1. The lowest BCUT2D eigenvalue weighted by atomic mass is 9.72. The van der Waals surface area contributed by atoms with E-state index >= 15 is 0 Å². The Kier molecular flexibility index (Phi) is 10.4. The van der Waals surface area contributed by atoms with Crippen molar-refractivity contribution in [3.8, 4) is 0 Å². The van der Waals surface area contributed by atoms with E-state index in [4.69, 9.17) is 22.1 Å². The van der Waals surface area contributed by atoms with Gasteiger partial charge in [-0.1, -0.05) is 20.8 Å². The molecule has 7 nitrogen and oxygen atoms in total. The van der Waals surface area contributed by atoms with E-state index in [1.54, 1.807) is 6.92 Å². The fraction of sp³-hybridized carbons (Fsp3) is 0.833. The van der Waals surface area contributed by atoms with Crippen LogP contribution in [0.25, 0.3) is 0 Å². The smallest absolute Gasteiger partial charge is 0.332 e. The molecule has 0 aliphatic heterocycles.